The Hall–Kier alpha value is -2.12. The number of hydrogen-bond donors (Lipinski definition) is 5. The first kappa shape index (κ1) is 13.5. The van der Waals surface area contributed by atoms with Crippen LogP contribution >= 0.6 is 0 Å². The van der Waals surface area contributed by atoms with Gasteiger partial charge < -0.3 is 21.9 Å². The van der Waals surface area contributed by atoms with Crippen molar-refractivity contribution in [3.63, 3.8) is 0 Å². The van der Waals surface area contributed by atoms with Crippen LogP contribution in [-0.4, -0.2) is 35.8 Å². The van der Waals surface area contributed by atoms with Gasteiger partial charge in [-0.2, -0.15) is 0 Å². The Morgan fingerprint density at radius 2 is 1.85 bits per heavy atom. The second-order valence-electron chi connectivity index (χ2n) is 1.68. The fraction of sp³-hybridized carbons (Fsp3) is 0.200. The van der Waals surface area contributed by atoms with E-state index in [1.165, 1.54) is 0 Å². The van der Waals surface area contributed by atoms with Crippen LogP contribution in [0, 0.1) is 5.41 Å². The molecule has 7 N–H and O–H groups in total. The highest BCUT2D eigenvalue weighted by atomic mass is 16.3. The van der Waals surface area contributed by atoms with E-state index in [0.717, 1.165) is 0 Å². The second-order valence-corrected chi connectivity index (χ2v) is 1.68. The Morgan fingerprint density at radius 1 is 1.46 bits per heavy atom. The van der Waals surface area contributed by atoms with Crippen LogP contribution in [0.1, 0.15) is 0 Å². The quantitative estimate of drug-likeness (QED) is 0.184. The smallest absolute Gasteiger partial charge is 0.290 e. The molecule has 0 aliphatic heterocycles. The number of rotatable bonds is 4. The molecule has 0 aliphatic carbocycles. The summed E-state index contributed by atoms with van der Waals surface area (Å²) in [6.07, 6.45) is 0.261. The van der Waals surface area contributed by atoms with E-state index in [-0.39, 0.29) is 12.9 Å². The molecule has 0 rings (SSSR count). The van der Waals surface area contributed by atoms with Gasteiger partial charge in [0.05, 0.1) is 0 Å². The van der Waals surface area contributed by atoms with Crippen LogP contribution in [0.15, 0.2) is 0 Å². The molecular weight excluding hydrogens is 180 g/mol. The van der Waals surface area contributed by atoms with E-state index in [1.807, 2.05) is 5.32 Å². The summed E-state index contributed by atoms with van der Waals surface area (Å²) in [6, 6.07) is -1.18. The van der Waals surface area contributed by atoms with Crippen molar-refractivity contribution in [3.8, 4) is 0 Å². The number of carbonyl (C=O) groups is 3. The number of hydrogen-bond acceptors (Lipinski definition) is 4. The van der Waals surface area contributed by atoms with Crippen LogP contribution < -0.4 is 16.8 Å². The van der Waals surface area contributed by atoms with Gasteiger partial charge in [0, 0.05) is 0 Å². The predicted octanol–water partition coefficient (Wildman–Crippen LogP) is -2.78. The summed E-state index contributed by atoms with van der Waals surface area (Å²) in [4.78, 5) is 28.4. The molecule has 0 aromatic rings. The molecule has 74 valence electrons. The minimum absolute atomic E-state index is 0.250. The largest absolute Gasteiger partial charge is 0.483 e. The molecule has 0 radical (unpaired) electrons. The molecular formula is C5H10N4O4. The van der Waals surface area contributed by atoms with Gasteiger partial charge in [-0.25, -0.2) is 0 Å². The van der Waals surface area contributed by atoms with Crippen LogP contribution in [0.5, 0.6) is 0 Å². The van der Waals surface area contributed by atoms with Crippen LogP contribution in [-0.2, 0) is 14.4 Å². The first-order chi connectivity index (χ1) is 6.01. The van der Waals surface area contributed by atoms with E-state index >= 15 is 0 Å². The summed E-state index contributed by atoms with van der Waals surface area (Å²) in [5.74, 6) is -1.32. The minimum atomic E-state index is -1.18. The van der Waals surface area contributed by atoms with E-state index in [4.69, 9.17) is 26.8 Å². The van der Waals surface area contributed by atoms with E-state index in [0.29, 0.717) is 0 Å². The van der Waals surface area contributed by atoms with E-state index in [9.17, 15) is 9.59 Å². The molecule has 1 unspecified atom stereocenters. The topological polar surface area (TPSA) is 159 Å². The average Bonchev–Trinajstić information content (AvgIpc) is 2.00. The van der Waals surface area contributed by atoms with Gasteiger partial charge in [-0.15, -0.1) is 0 Å². The van der Waals surface area contributed by atoms with Crippen molar-refractivity contribution in [1.29, 1.82) is 5.41 Å². The highest BCUT2D eigenvalue weighted by molar-refractivity contribution is 6.05. The first-order valence-corrected chi connectivity index (χ1v) is 2.92. The summed E-state index contributed by atoms with van der Waals surface area (Å²) in [6.45, 7) is -0.250. The zero-order valence-corrected chi connectivity index (χ0v) is 6.56. The zero-order valence-electron chi connectivity index (χ0n) is 6.56. The molecule has 0 bridgehead atoms. The summed E-state index contributed by atoms with van der Waals surface area (Å²) >= 11 is 0. The molecule has 0 aromatic carbocycles. The summed E-state index contributed by atoms with van der Waals surface area (Å²) < 4.78 is 0. The molecule has 0 aliphatic rings. The lowest BCUT2D eigenvalue weighted by Gasteiger charge is -2.08. The Labute approximate surface area is 73.4 Å². The van der Waals surface area contributed by atoms with Gasteiger partial charge in [0.15, 0.2) is 6.04 Å². The van der Waals surface area contributed by atoms with Gasteiger partial charge in [0.25, 0.3) is 6.47 Å². The van der Waals surface area contributed by atoms with Crippen LogP contribution in [0.4, 0.5) is 0 Å². The number of nitrogens with one attached hydrogen (secondary N) is 2. The van der Waals surface area contributed by atoms with E-state index < -0.39 is 17.8 Å². The highest BCUT2D eigenvalue weighted by Gasteiger charge is 2.16. The normalized spacial score (nSPS) is 9.85. The second kappa shape index (κ2) is 7.98. The number of amidine groups is 1. The average molecular weight is 190 g/mol. The van der Waals surface area contributed by atoms with Gasteiger partial charge >= 0.3 is 0 Å². The van der Waals surface area contributed by atoms with Crippen molar-refractivity contribution in [2.45, 2.75) is 6.04 Å². The maximum atomic E-state index is 10.3. The maximum Gasteiger partial charge on any atom is 0.290 e. The Kier molecular flexibility index (Phi) is 8.27. The lowest BCUT2D eigenvalue weighted by molar-refractivity contribution is -0.123. The molecule has 0 fully saturated rings. The molecule has 2 amide bonds. The number of carboxylic acid groups (broad SMARTS) is 1. The van der Waals surface area contributed by atoms with Gasteiger partial charge in [-0.3, -0.25) is 19.8 Å². The van der Waals surface area contributed by atoms with Crippen molar-refractivity contribution in [1.82, 2.24) is 5.32 Å². The van der Waals surface area contributed by atoms with Gasteiger partial charge in [0.1, 0.15) is 5.84 Å². The summed E-state index contributed by atoms with van der Waals surface area (Å²) in [7, 11) is 0. The third-order valence-electron chi connectivity index (χ3n) is 0.830. The standard InChI is InChI=1S/C4H8N4O2.CH2O2/c5-3(6)2(4(7)10)8-1-9;2-1-3/h1-2H,(H3,5,6)(H2,7,10)(H,8,9);1H,(H,2,3). The molecule has 0 aromatic heterocycles. The maximum absolute atomic E-state index is 10.3. The van der Waals surface area contributed by atoms with Gasteiger partial charge in [0.2, 0.25) is 12.3 Å². The van der Waals surface area contributed by atoms with Crippen molar-refractivity contribution in [3.05, 3.63) is 0 Å². The van der Waals surface area contributed by atoms with E-state index in [2.05, 4.69) is 0 Å². The SMILES string of the molecule is N=C(N)C(NC=O)C(N)=O.O=CO. The van der Waals surface area contributed by atoms with Crippen LogP contribution in [0.25, 0.3) is 0 Å². The number of primary amides is 1. The fourth-order valence-corrected chi connectivity index (χ4v) is 0.393. The molecule has 0 saturated heterocycles. The van der Waals surface area contributed by atoms with E-state index in [1.54, 1.807) is 0 Å². The third kappa shape index (κ3) is 7.78. The molecule has 0 spiro atoms. The molecule has 0 saturated carbocycles. The van der Waals surface area contributed by atoms with Gasteiger partial charge in [-0.05, 0) is 0 Å². The molecule has 1 atom stereocenters. The van der Waals surface area contributed by atoms with Gasteiger partial charge in [-0.1, -0.05) is 0 Å². The number of amides is 2. The number of carbonyl (C=O) groups excluding carboxylic acids is 2. The van der Waals surface area contributed by atoms with Crippen molar-refractivity contribution in [2.24, 2.45) is 11.5 Å². The molecule has 8 heteroatoms. The minimum Gasteiger partial charge on any atom is -0.483 e. The lowest BCUT2D eigenvalue weighted by atomic mass is 10.3. The fourth-order valence-electron chi connectivity index (χ4n) is 0.393. The summed E-state index contributed by atoms with van der Waals surface area (Å²) in [5, 5.41) is 15.6. The molecule has 8 nitrogen and oxygen atoms in total. The van der Waals surface area contributed by atoms with Crippen LogP contribution in [0.3, 0.4) is 0 Å². The predicted molar refractivity (Wildman–Crippen MR) is 42.8 cm³/mol. The Bertz CT molecular complexity index is 191. The highest BCUT2D eigenvalue weighted by Crippen LogP contribution is 1.76. The Morgan fingerprint density at radius 3 is 1.92 bits per heavy atom. The zero-order chi connectivity index (χ0) is 10.9. The van der Waals surface area contributed by atoms with Crippen LogP contribution in [0.2, 0.25) is 0 Å². The molecule has 13 heavy (non-hydrogen) atoms. The third-order valence-corrected chi connectivity index (χ3v) is 0.830. The monoisotopic (exact) mass is 190 g/mol. The number of nitrogens with two attached hydrogens (primary N) is 2. The van der Waals surface area contributed by atoms with Crippen molar-refractivity contribution < 1.29 is 19.5 Å². The first-order valence-electron chi connectivity index (χ1n) is 2.92. The Balaban J connectivity index is 0. The lowest BCUT2D eigenvalue weighted by Crippen LogP contribution is -2.49. The van der Waals surface area contributed by atoms with Crippen molar-refractivity contribution in [2.75, 3.05) is 0 Å². The molecule has 0 heterocycles. The van der Waals surface area contributed by atoms with Crippen molar-refractivity contribution >= 4 is 24.6 Å². The summed E-state index contributed by atoms with van der Waals surface area (Å²) in [5.41, 5.74) is 9.63.